The molecule has 2 aliphatic rings. The number of fused-ring (bicyclic) bond motifs is 1. The van der Waals surface area contributed by atoms with Crippen LogP contribution in [0.2, 0.25) is 0 Å². The van der Waals surface area contributed by atoms with E-state index in [2.05, 4.69) is 5.32 Å². The van der Waals surface area contributed by atoms with Crippen LogP contribution in [0.15, 0.2) is 0 Å². The molecule has 0 aromatic heterocycles. The minimum absolute atomic E-state index is 0.148. The Bertz CT molecular complexity index is 280. The van der Waals surface area contributed by atoms with Crippen LogP contribution in [0.1, 0.15) is 0 Å². The van der Waals surface area contributed by atoms with Crippen LogP contribution in [-0.4, -0.2) is 53.3 Å². The van der Waals surface area contributed by atoms with Gasteiger partial charge in [0, 0.05) is 14.1 Å². The first-order chi connectivity index (χ1) is 6.04. The van der Waals surface area contributed by atoms with Gasteiger partial charge in [0.25, 0.3) is 0 Å². The van der Waals surface area contributed by atoms with Crippen molar-refractivity contribution in [2.45, 2.75) is 12.3 Å². The van der Waals surface area contributed by atoms with Gasteiger partial charge in [0.15, 0.2) is 6.17 Å². The number of nitrogens with one attached hydrogen (secondary N) is 1. The number of hydrazine groups is 1. The average molecular weight is 185 g/mol. The maximum Gasteiger partial charge on any atom is 0.335 e. The summed E-state index contributed by atoms with van der Waals surface area (Å²) in [6, 6.07) is -0.508. The second-order valence-corrected chi connectivity index (χ2v) is 3.22. The van der Waals surface area contributed by atoms with E-state index in [0.717, 1.165) is 5.01 Å². The smallest absolute Gasteiger partial charge is 0.313 e. The molecule has 4 amide bonds. The van der Waals surface area contributed by atoms with Crippen molar-refractivity contribution in [3.63, 3.8) is 0 Å². The third-order valence-electron chi connectivity index (χ3n) is 2.49. The van der Waals surface area contributed by atoms with Gasteiger partial charge in [-0.25, -0.2) is 20.4 Å². The van der Waals surface area contributed by atoms with Gasteiger partial charge in [0.05, 0.1) is 0 Å². The highest BCUT2D eigenvalue weighted by Crippen LogP contribution is 2.23. The van der Waals surface area contributed by atoms with E-state index in [1.807, 2.05) is 0 Å². The van der Waals surface area contributed by atoms with Gasteiger partial charge in [0.2, 0.25) is 0 Å². The summed E-state index contributed by atoms with van der Waals surface area (Å²) in [6.45, 7) is 0. The monoisotopic (exact) mass is 185 g/mol. The first kappa shape index (κ1) is 8.11. The first-order valence-corrected chi connectivity index (χ1v) is 3.88. The summed E-state index contributed by atoms with van der Waals surface area (Å²) >= 11 is 0. The quantitative estimate of drug-likeness (QED) is 0.357. The third kappa shape index (κ3) is 0.816. The number of carbonyl (C=O) groups is 2. The molecule has 0 unspecified atom stereocenters. The maximum absolute atomic E-state index is 11.4. The molecule has 0 radical (unpaired) electrons. The van der Waals surface area contributed by atoms with Gasteiger partial charge in [-0.05, 0) is 0 Å². The number of nitrogens with zero attached hydrogens (tertiary/aromatic N) is 3. The van der Waals surface area contributed by atoms with Gasteiger partial charge < -0.3 is 15.1 Å². The van der Waals surface area contributed by atoms with Gasteiger partial charge in [-0.3, -0.25) is 0 Å². The molecule has 2 atom stereocenters. The molecule has 2 rings (SSSR count). The van der Waals surface area contributed by atoms with Crippen molar-refractivity contribution in [2.24, 2.45) is 5.84 Å². The fourth-order valence-corrected chi connectivity index (χ4v) is 1.72. The average Bonchev–Trinajstić information content (AvgIpc) is 2.48. The molecule has 2 heterocycles. The molecule has 2 saturated heterocycles. The Morgan fingerprint density at radius 3 is 2.46 bits per heavy atom. The SMILES string of the molecule is CN1C(=O)N(C)[C@@H]2[C@H]1NC(=O)N2N. The number of rotatable bonds is 0. The minimum Gasteiger partial charge on any atom is -0.313 e. The Balaban J connectivity index is 2.32. The molecular weight excluding hydrogens is 174 g/mol. The van der Waals surface area contributed by atoms with E-state index in [1.54, 1.807) is 14.1 Å². The largest absolute Gasteiger partial charge is 0.335 e. The zero-order valence-corrected chi connectivity index (χ0v) is 7.39. The van der Waals surface area contributed by atoms with Gasteiger partial charge in [0.1, 0.15) is 6.17 Å². The van der Waals surface area contributed by atoms with E-state index in [9.17, 15) is 9.59 Å². The zero-order chi connectivity index (χ0) is 9.75. The maximum atomic E-state index is 11.4. The number of carbonyl (C=O) groups excluding carboxylic acids is 2. The van der Waals surface area contributed by atoms with Crippen molar-refractivity contribution >= 4 is 12.1 Å². The van der Waals surface area contributed by atoms with Crippen molar-refractivity contribution in [3.05, 3.63) is 0 Å². The van der Waals surface area contributed by atoms with E-state index >= 15 is 0 Å². The summed E-state index contributed by atoms with van der Waals surface area (Å²) in [5.41, 5.74) is 0. The second kappa shape index (κ2) is 2.25. The number of hydrogen-bond acceptors (Lipinski definition) is 3. The van der Waals surface area contributed by atoms with Gasteiger partial charge in [-0.2, -0.15) is 0 Å². The minimum atomic E-state index is -0.398. The lowest BCUT2D eigenvalue weighted by Gasteiger charge is -2.21. The van der Waals surface area contributed by atoms with E-state index in [4.69, 9.17) is 5.84 Å². The standard InChI is InChI=1S/C6H11N5O2/c1-9-3-4(10(2)6(9)13)11(7)5(12)8-3/h3-4H,7H2,1-2H3,(H,8,12)/t3-,4-/m0/s1. The van der Waals surface area contributed by atoms with Crippen LogP contribution in [0.5, 0.6) is 0 Å². The molecule has 3 N–H and O–H groups in total. The van der Waals surface area contributed by atoms with Crippen molar-refractivity contribution in [3.8, 4) is 0 Å². The van der Waals surface area contributed by atoms with E-state index in [-0.39, 0.29) is 18.2 Å². The molecule has 0 aromatic carbocycles. The van der Waals surface area contributed by atoms with Crippen LogP contribution < -0.4 is 11.2 Å². The molecule has 7 nitrogen and oxygen atoms in total. The molecule has 0 bridgehead atoms. The topological polar surface area (TPSA) is 81.9 Å². The number of likely N-dealkylation sites (N-methyl/N-ethyl adjacent to an activating group) is 2. The van der Waals surface area contributed by atoms with Crippen LogP contribution in [0, 0.1) is 0 Å². The van der Waals surface area contributed by atoms with Crippen molar-refractivity contribution < 1.29 is 9.59 Å². The summed E-state index contributed by atoms with van der Waals surface area (Å²) in [4.78, 5) is 25.4. The Kier molecular flexibility index (Phi) is 1.41. The second-order valence-electron chi connectivity index (χ2n) is 3.22. The predicted molar refractivity (Wildman–Crippen MR) is 43.1 cm³/mol. The Hall–Kier alpha value is -1.50. The molecule has 2 aliphatic heterocycles. The molecule has 0 spiro atoms. The zero-order valence-electron chi connectivity index (χ0n) is 7.39. The molecule has 2 fully saturated rings. The fourth-order valence-electron chi connectivity index (χ4n) is 1.72. The van der Waals surface area contributed by atoms with Gasteiger partial charge >= 0.3 is 12.1 Å². The third-order valence-corrected chi connectivity index (χ3v) is 2.49. The fraction of sp³-hybridized carbons (Fsp3) is 0.667. The Morgan fingerprint density at radius 1 is 1.31 bits per heavy atom. The Morgan fingerprint density at radius 2 is 1.92 bits per heavy atom. The normalized spacial score (nSPS) is 32.7. The van der Waals surface area contributed by atoms with Gasteiger partial charge in [-0.15, -0.1) is 0 Å². The van der Waals surface area contributed by atoms with Crippen LogP contribution >= 0.6 is 0 Å². The van der Waals surface area contributed by atoms with E-state index in [0.29, 0.717) is 0 Å². The molecule has 0 aromatic rings. The highest BCUT2D eigenvalue weighted by molar-refractivity contribution is 5.84. The summed E-state index contributed by atoms with van der Waals surface area (Å²) in [6.07, 6.45) is -0.736. The van der Waals surface area contributed by atoms with Crippen LogP contribution in [0.3, 0.4) is 0 Å². The van der Waals surface area contributed by atoms with Gasteiger partial charge in [-0.1, -0.05) is 0 Å². The van der Waals surface area contributed by atoms with Crippen LogP contribution in [-0.2, 0) is 0 Å². The molecule has 13 heavy (non-hydrogen) atoms. The summed E-state index contributed by atoms with van der Waals surface area (Å²) in [5.74, 6) is 5.48. The summed E-state index contributed by atoms with van der Waals surface area (Å²) < 4.78 is 0. The van der Waals surface area contributed by atoms with Crippen molar-refractivity contribution in [1.82, 2.24) is 20.1 Å². The van der Waals surface area contributed by atoms with E-state index in [1.165, 1.54) is 9.80 Å². The van der Waals surface area contributed by atoms with Crippen LogP contribution in [0.4, 0.5) is 9.59 Å². The number of hydrogen-bond donors (Lipinski definition) is 2. The molecule has 72 valence electrons. The number of urea groups is 2. The predicted octanol–water partition coefficient (Wildman–Crippen LogP) is -1.47. The lowest BCUT2D eigenvalue weighted by molar-refractivity contribution is 0.146. The highest BCUT2D eigenvalue weighted by Gasteiger charge is 2.51. The molecular formula is C6H11N5O2. The van der Waals surface area contributed by atoms with Crippen molar-refractivity contribution in [1.29, 1.82) is 0 Å². The first-order valence-electron chi connectivity index (χ1n) is 3.88. The number of nitrogens with two attached hydrogens (primary N) is 1. The number of amides is 4. The molecule has 0 saturated carbocycles. The summed E-state index contributed by atoms with van der Waals surface area (Å²) in [5, 5.41) is 3.64. The van der Waals surface area contributed by atoms with Crippen molar-refractivity contribution in [2.75, 3.05) is 14.1 Å². The highest BCUT2D eigenvalue weighted by atomic mass is 16.2. The lowest BCUT2D eigenvalue weighted by atomic mass is 10.4. The molecule has 0 aliphatic carbocycles. The summed E-state index contributed by atoms with van der Waals surface area (Å²) in [7, 11) is 3.24. The molecule has 7 heteroatoms. The van der Waals surface area contributed by atoms with E-state index < -0.39 is 6.17 Å². The Labute approximate surface area is 75.0 Å². The lowest BCUT2D eigenvalue weighted by Crippen LogP contribution is -2.48. The van der Waals surface area contributed by atoms with Crippen LogP contribution in [0.25, 0.3) is 0 Å².